The summed E-state index contributed by atoms with van der Waals surface area (Å²) >= 11 is 6.65. The molecule has 5 rings (SSSR count). The van der Waals surface area contributed by atoms with Gasteiger partial charge in [0.25, 0.3) is 5.56 Å². The van der Waals surface area contributed by atoms with Crippen LogP contribution in [-0.2, 0) is 6.54 Å². The minimum absolute atomic E-state index is 0.0934. The number of aromatic carboxylic acids is 1. The van der Waals surface area contributed by atoms with E-state index in [2.05, 4.69) is 10.1 Å². The summed E-state index contributed by atoms with van der Waals surface area (Å²) in [4.78, 5) is 28.9. The Kier molecular flexibility index (Phi) is 4.48. The fourth-order valence-electron chi connectivity index (χ4n) is 3.88. The van der Waals surface area contributed by atoms with Crippen molar-refractivity contribution in [2.45, 2.75) is 19.9 Å². The lowest BCUT2D eigenvalue weighted by molar-refractivity contribution is 0.0697. The highest BCUT2D eigenvalue weighted by Crippen LogP contribution is 2.32. The molecule has 154 valence electrons. The number of carbonyl (C=O) groups is 1. The molecule has 0 atom stereocenters. The second kappa shape index (κ2) is 7.21. The topological polar surface area (TPSA) is 90.0 Å². The van der Waals surface area contributed by atoms with Crippen LogP contribution in [0.5, 0.6) is 0 Å². The van der Waals surface area contributed by atoms with Crippen molar-refractivity contribution in [3.05, 3.63) is 86.7 Å². The largest absolute Gasteiger partial charge is 0.478 e. The molecule has 0 fully saturated rings. The first-order valence-electron chi connectivity index (χ1n) is 9.73. The number of benzene rings is 2. The van der Waals surface area contributed by atoms with Crippen molar-refractivity contribution >= 4 is 40.1 Å². The van der Waals surface area contributed by atoms with Crippen LogP contribution in [0, 0.1) is 6.92 Å². The molecule has 0 aliphatic carbocycles. The predicted molar refractivity (Wildman–Crippen MR) is 119 cm³/mol. The number of rotatable bonds is 3. The Hall–Kier alpha value is -3.71. The molecule has 0 saturated carbocycles. The van der Waals surface area contributed by atoms with Gasteiger partial charge in [0.2, 0.25) is 0 Å². The zero-order chi connectivity index (χ0) is 21.7. The van der Waals surface area contributed by atoms with Crippen molar-refractivity contribution in [3.8, 4) is 5.69 Å². The molecule has 2 aromatic carbocycles. The van der Waals surface area contributed by atoms with Gasteiger partial charge in [0.15, 0.2) is 0 Å². The standard InChI is InChI=1S/C23H17ClN4O3/c1-13-18(20(24)28(26-13)16-5-3-2-4-6-16)11-14-9-10-27-21(14)25-19-12-15(23(30)31)7-8-17(19)22(27)29/h2-8,11-12H,9-10H2,1H3,(H,30,31)/b14-11+. The Balaban J connectivity index is 1.65. The van der Waals surface area contributed by atoms with Crippen molar-refractivity contribution in [1.29, 1.82) is 0 Å². The molecule has 0 spiro atoms. The number of aryl methyl sites for hydroxylation is 1. The highest BCUT2D eigenvalue weighted by molar-refractivity contribution is 6.31. The smallest absolute Gasteiger partial charge is 0.335 e. The number of allylic oxidation sites excluding steroid dienone is 1. The van der Waals surface area contributed by atoms with E-state index in [-0.39, 0.29) is 11.1 Å². The maximum absolute atomic E-state index is 12.9. The molecule has 0 amide bonds. The first-order chi connectivity index (χ1) is 14.9. The summed E-state index contributed by atoms with van der Waals surface area (Å²) in [6.07, 6.45) is 2.54. The van der Waals surface area contributed by atoms with Crippen molar-refractivity contribution in [3.63, 3.8) is 0 Å². The number of para-hydroxylation sites is 1. The molecule has 0 saturated heterocycles. The van der Waals surface area contributed by atoms with Crippen LogP contribution in [0.25, 0.3) is 28.2 Å². The molecular weight excluding hydrogens is 416 g/mol. The number of aromatic nitrogens is 4. The molecule has 2 aromatic heterocycles. The molecule has 31 heavy (non-hydrogen) atoms. The lowest BCUT2D eigenvalue weighted by atomic mass is 10.1. The van der Waals surface area contributed by atoms with E-state index in [4.69, 9.17) is 11.6 Å². The van der Waals surface area contributed by atoms with Gasteiger partial charge in [-0.2, -0.15) is 5.10 Å². The average Bonchev–Trinajstić information content (AvgIpc) is 3.30. The fourth-order valence-corrected chi connectivity index (χ4v) is 4.20. The predicted octanol–water partition coefficient (Wildman–Crippen LogP) is 4.19. The van der Waals surface area contributed by atoms with Gasteiger partial charge in [-0.25, -0.2) is 14.5 Å². The average molecular weight is 433 g/mol. The molecule has 1 aliphatic rings. The van der Waals surface area contributed by atoms with Crippen LogP contribution in [0.2, 0.25) is 5.15 Å². The van der Waals surface area contributed by atoms with Crippen molar-refractivity contribution in [2.75, 3.05) is 0 Å². The Morgan fingerprint density at radius 1 is 1.19 bits per heavy atom. The third-order valence-electron chi connectivity index (χ3n) is 5.46. The summed E-state index contributed by atoms with van der Waals surface area (Å²) in [6, 6.07) is 14.0. The molecule has 4 aromatic rings. The van der Waals surface area contributed by atoms with Gasteiger partial charge in [-0.05, 0) is 55.3 Å². The minimum atomic E-state index is -1.06. The molecule has 7 nitrogen and oxygen atoms in total. The second-order valence-corrected chi connectivity index (χ2v) is 7.74. The van der Waals surface area contributed by atoms with Gasteiger partial charge in [-0.3, -0.25) is 9.36 Å². The van der Waals surface area contributed by atoms with E-state index in [9.17, 15) is 14.7 Å². The Labute approximate surface area is 181 Å². The summed E-state index contributed by atoms with van der Waals surface area (Å²) in [5.74, 6) is -0.529. The third kappa shape index (κ3) is 3.14. The zero-order valence-corrected chi connectivity index (χ0v) is 17.3. The van der Waals surface area contributed by atoms with Gasteiger partial charge in [0.1, 0.15) is 11.0 Å². The number of carboxylic acids is 1. The Bertz CT molecular complexity index is 1450. The number of carboxylic acid groups (broad SMARTS) is 1. The zero-order valence-electron chi connectivity index (χ0n) is 16.5. The normalized spacial score (nSPS) is 14.3. The van der Waals surface area contributed by atoms with Crippen LogP contribution >= 0.6 is 11.6 Å². The Morgan fingerprint density at radius 2 is 1.97 bits per heavy atom. The van der Waals surface area contributed by atoms with E-state index < -0.39 is 5.97 Å². The van der Waals surface area contributed by atoms with Gasteiger partial charge < -0.3 is 5.11 Å². The van der Waals surface area contributed by atoms with Crippen LogP contribution in [0.4, 0.5) is 0 Å². The maximum atomic E-state index is 12.9. The Morgan fingerprint density at radius 3 is 2.71 bits per heavy atom. The van der Waals surface area contributed by atoms with E-state index in [1.165, 1.54) is 18.2 Å². The summed E-state index contributed by atoms with van der Waals surface area (Å²) in [7, 11) is 0. The van der Waals surface area contributed by atoms with Crippen LogP contribution in [0.1, 0.15) is 33.9 Å². The van der Waals surface area contributed by atoms with E-state index in [1.54, 1.807) is 9.25 Å². The van der Waals surface area contributed by atoms with Crippen LogP contribution in [0.3, 0.4) is 0 Å². The second-order valence-electron chi connectivity index (χ2n) is 7.39. The number of hydrogen-bond acceptors (Lipinski definition) is 4. The number of fused-ring (bicyclic) bond motifs is 2. The summed E-state index contributed by atoms with van der Waals surface area (Å²) in [5.41, 5.74) is 3.52. The third-order valence-corrected chi connectivity index (χ3v) is 5.83. The quantitative estimate of drug-likeness (QED) is 0.524. The van der Waals surface area contributed by atoms with Crippen LogP contribution < -0.4 is 5.56 Å². The lowest BCUT2D eigenvalue weighted by Crippen LogP contribution is -2.21. The van der Waals surface area contributed by atoms with Crippen molar-refractivity contribution < 1.29 is 9.90 Å². The molecule has 0 bridgehead atoms. The monoisotopic (exact) mass is 432 g/mol. The SMILES string of the molecule is Cc1nn(-c2ccccc2)c(Cl)c1/C=C1\CCn2c1nc1cc(C(=O)O)ccc1c2=O. The number of nitrogens with zero attached hydrogens (tertiary/aromatic N) is 4. The highest BCUT2D eigenvalue weighted by Gasteiger charge is 2.23. The minimum Gasteiger partial charge on any atom is -0.478 e. The first-order valence-corrected chi connectivity index (χ1v) is 10.1. The van der Waals surface area contributed by atoms with E-state index in [0.29, 0.717) is 34.8 Å². The summed E-state index contributed by atoms with van der Waals surface area (Å²) < 4.78 is 3.30. The first kappa shape index (κ1) is 19.3. The summed E-state index contributed by atoms with van der Waals surface area (Å²) in [5, 5.41) is 14.7. The fraction of sp³-hybridized carbons (Fsp3) is 0.130. The number of hydrogen-bond donors (Lipinski definition) is 1. The van der Waals surface area contributed by atoms with Gasteiger partial charge in [0, 0.05) is 12.1 Å². The lowest BCUT2D eigenvalue weighted by Gasteiger charge is -2.06. The molecular formula is C23H17ClN4O3. The van der Waals surface area contributed by atoms with Gasteiger partial charge >= 0.3 is 5.97 Å². The van der Waals surface area contributed by atoms with Crippen molar-refractivity contribution in [2.24, 2.45) is 0 Å². The van der Waals surface area contributed by atoms with Gasteiger partial charge in [-0.15, -0.1) is 0 Å². The molecule has 3 heterocycles. The molecule has 1 N–H and O–H groups in total. The maximum Gasteiger partial charge on any atom is 0.335 e. The molecule has 8 heteroatoms. The van der Waals surface area contributed by atoms with E-state index >= 15 is 0 Å². The van der Waals surface area contributed by atoms with Crippen LogP contribution in [-0.4, -0.2) is 30.4 Å². The van der Waals surface area contributed by atoms with E-state index in [0.717, 1.165) is 22.5 Å². The highest BCUT2D eigenvalue weighted by atomic mass is 35.5. The molecule has 0 radical (unpaired) electrons. The number of halogens is 1. The van der Waals surface area contributed by atoms with Crippen molar-refractivity contribution in [1.82, 2.24) is 19.3 Å². The van der Waals surface area contributed by atoms with Gasteiger partial charge in [0.05, 0.1) is 27.8 Å². The van der Waals surface area contributed by atoms with E-state index in [1.807, 2.05) is 43.3 Å². The molecule has 1 aliphatic heterocycles. The van der Waals surface area contributed by atoms with Gasteiger partial charge in [-0.1, -0.05) is 29.8 Å². The molecule has 0 unspecified atom stereocenters. The van der Waals surface area contributed by atoms with Crippen LogP contribution in [0.15, 0.2) is 53.3 Å². The summed E-state index contributed by atoms with van der Waals surface area (Å²) in [6.45, 7) is 2.39.